The number of anilines is 2. The second-order valence-electron chi connectivity index (χ2n) is 9.18. The summed E-state index contributed by atoms with van der Waals surface area (Å²) in [7, 11) is -3.56. The van der Waals surface area contributed by atoms with E-state index in [1.807, 2.05) is 43.3 Å². The number of pyridine rings is 1. The summed E-state index contributed by atoms with van der Waals surface area (Å²) in [5, 5.41) is 3.81. The van der Waals surface area contributed by atoms with Gasteiger partial charge in [-0.25, -0.2) is 13.4 Å². The Morgan fingerprint density at radius 2 is 1.80 bits per heavy atom. The lowest BCUT2D eigenvalue weighted by atomic mass is 9.97. The van der Waals surface area contributed by atoms with Crippen LogP contribution in [0.25, 0.3) is 10.9 Å². The second-order valence-corrected chi connectivity index (χ2v) is 11.1. The highest BCUT2D eigenvalue weighted by molar-refractivity contribution is 7.89. The molecule has 5 rings (SSSR count). The predicted octanol–water partition coefficient (Wildman–Crippen LogP) is 3.42. The number of sulfonamides is 1. The lowest BCUT2D eigenvalue weighted by Gasteiger charge is -2.33. The molecule has 0 bridgehead atoms. The number of benzene rings is 2. The van der Waals surface area contributed by atoms with Crippen LogP contribution in [-0.2, 0) is 19.6 Å². The van der Waals surface area contributed by atoms with Crippen LogP contribution in [-0.4, -0.2) is 63.0 Å². The lowest BCUT2D eigenvalue weighted by Crippen LogP contribution is -2.41. The normalized spacial score (nSPS) is 19.6. The summed E-state index contributed by atoms with van der Waals surface area (Å²) in [6.07, 6.45) is 1.74. The molecule has 8 nitrogen and oxygen atoms in total. The van der Waals surface area contributed by atoms with Crippen molar-refractivity contribution in [2.45, 2.75) is 24.7 Å². The lowest BCUT2D eigenvalue weighted by molar-refractivity contribution is -0.120. The zero-order chi connectivity index (χ0) is 24.4. The first-order valence-electron chi connectivity index (χ1n) is 12.0. The molecule has 9 heteroatoms. The van der Waals surface area contributed by atoms with E-state index in [9.17, 15) is 13.2 Å². The summed E-state index contributed by atoms with van der Waals surface area (Å²) in [5.41, 5.74) is 2.69. The highest BCUT2D eigenvalue weighted by atomic mass is 32.2. The van der Waals surface area contributed by atoms with E-state index in [0.29, 0.717) is 32.8 Å². The minimum Gasteiger partial charge on any atom is -0.379 e. The number of aromatic nitrogens is 1. The van der Waals surface area contributed by atoms with Crippen molar-refractivity contribution < 1.29 is 17.9 Å². The van der Waals surface area contributed by atoms with Gasteiger partial charge in [0.1, 0.15) is 5.82 Å². The van der Waals surface area contributed by atoms with Crippen molar-refractivity contribution in [3.63, 3.8) is 0 Å². The van der Waals surface area contributed by atoms with Gasteiger partial charge in [0, 0.05) is 37.3 Å². The molecule has 1 amide bonds. The summed E-state index contributed by atoms with van der Waals surface area (Å²) < 4.78 is 32.7. The first-order valence-corrected chi connectivity index (χ1v) is 13.5. The van der Waals surface area contributed by atoms with E-state index in [0.717, 1.165) is 47.4 Å². The van der Waals surface area contributed by atoms with Crippen molar-refractivity contribution in [2.24, 2.45) is 5.92 Å². The number of ether oxygens (including phenoxy) is 1. The Labute approximate surface area is 205 Å². The zero-order valence-electron chi connectivity index (χ0n) is 19.8. The molecule has 3 aromatic rings. The largest absolute Gasteiger partial charge is 0.379 e. The smallest absolute Gasteiger partial charge is 0.243 e. The third-order valence-electron chi connectivity index (χ3n) is 6.69. The quantitative estimate of drug-likeness (QED) is 0.584. The Hall–Kier alpha value is -3.01. The van der Waals surface area contributed by atoms with Crippen LogP contribution in [0.2, 0.25) is 0 Å². The fraction of sp³-hybridized carbons (Fsp3) is 0.385. The number of fused-ring (bicyclic) bond motifs is 1. The van der Waals surface area contributed by atoms with Crippen molar-refractivity contribution in [3.05, 3.63) is 60.2 Å². The van der Waals surface area contributed by atoms with Gasteiger partial charge in [0.15, 0.2) is 0 Å². The third kappa shape index (κ3) is 5.17. The molecular formula is C26H30N4O4S. The van der Waals surface area contributed by atoms with E-state index in [-0.39, 0.29) is 16.7 Å². The van der Waals surface area contributed by atoms with E-state index < -0.39 is 10.0 Å². The number of carbonyl (C=O) groups excluding carboxylic acids is 1. The highest BCUT2D eigenvalue weighted by Gasteiger charge is 2.28. The third-order valence-corrected chi connectivity index (χ3v) is 8.58. The van der Waals surface area contributed by atoms with Crippen LogP contribution >= 0.6 is 0 Å². The maximum Gasteiger partial charge on any atom is 0.243 e. The Bertz CT molecular complexity index is 1320. The number of aryl methyl sites for hydroxylation is 1. The number of amides is 1. The van der Waals surface area contributed by atoms with Crippen LogP contribution in [0.3, 0.4) is 0 Å². The topological polar surface area (TPSA) is 91.8 Å². The number of nitrogens with one attached hydrogen (secondary N) is 1. The molecule has 0 radical (unpaired) electrons. The van der Waals surface area contributed by atoms with Gasteiger partial charge in [0.25, 0.3) is 0 Å². The molecule has 2 aromatic carbocycles. The molecule has 3 heterocycles. The number of rotatable bonds is 5. The molecule has 1 unspecified atom stereocenters. The number of hydrogen-bond donors (Lipinski definition) is 1. The molecule has 1 aromatic heterocycles. The molecule has 2 fully saturated rings. The number of hydrogen-bond acceptors (Lipinski definition) is 6. The second kappa shape index (κ2) is 9.93. The fourth-order valence-corrected chi connectivity index (χ4v) is 6.09. The number of nitrogens with zero attached hydrogens (tertiary/aromatic N) is 3. The van der Waals surface area contributed by atoms with Crippen LogP contribution in [0.4, 0.5) is 11.5 Å². The van der Waals surface area contributed by atoms with Crippen molar-refractivity contribution in [1.29, 1.82) is 0 Å². The predicted molar refractivity (Wildman–Crippen MR) is 136 cm³/mol. The van der Waals surface area contributed by atoms with Gasteiger partial charge in [-0.05, 0) is 62.2 Å². The standard InChI is InChI=1S/C26H30N4O4S/c1-19-4-7-22(8-5-19)27-26(31)21-3-2-12-29(18-21)25-11-6-20-17-23(9-10-24(20)28-25)35(32,33)30-13-15-34-16-14-30/h4-11,17,21H,2-3,12-16,18H2,1H3,(H,27,31). The van der Waals surface area contributed by atoms with Gasteiger partial charge in [-0.2, -0.15) is 4.31 Å². The number of morpholine rings is 1. The van der Waals surface area contributed by atoms with E-state index in [1.54, 1.807) is 18.2 Å². The molecule has 1 atom stereocenters. The summed E-state index contributed by atoms with van der Waals surface area (Å²) in [5.74, 6) is 0.704. The van der Waals surface area contributed by atoms with Gasteiger partial charge in [0.2, 0.25) is 15.9 Å². The first kappa shape index (κ1) is 23.7. The Balaban J connectivity index is 1.30. The molecule has 0 saturated carbocycles. The van der Waals surface area contributed by atoms with E-state index in [4.69, 9.17) is 9.72 Å². The average Bonchev–Trinajstić information content (AvgIpc) is 2.90. The molecule has 184 valence electrons. The Morgan fingerprint density at radius 1 is 1.03 bits per heavy atom. The summed E-state index contributed by atoms with van der Waals surface area (Å²) in [6, 6.07) is 16.7. The maximum atomic E-state index is 13.0. The van der Waals surface area contributed by atoms with Crippen molar-refractivity contribution >= 4 is 38.3 Å². The zero-order valence-corrected chi connectivity index (χ0v) is 20.6. The minimum atomic E-state index is -3.56. The van der Waals surface area contributed by atoms with Gasteiger partial charge in [-0.1, -0.05) is 17.7 Å². The fourth-order valence-electron chi connectivity index (χ4n) is 4.65. The SMILES string of the molecule is Cc1ccc(NC(=O)C2CCCN(c3ccc4cc(S(=O)(=O)N5CCOCC5)ccc4n3)C2)cc1. The molecule has 2 aliphatic rings. The van der Waals surface area contributed by atoms with Crippen molar-refractivity contribution in [1.82, 2.24) is 9.29 Å². The average molecular weight is 495 g/mol. The molecule has 0 aliphatic carbocycles. The minimum absolute atomic E-state index is 0.0253. The van der Waals surface area contributed by atoms with Gasteiger partial charge in [-0.15, -0.1) is 0 Å². The van der Waals surface area contributed by atoms with E-state index in [1.165, 1.54) is 4.31 Å². The highest BCUT2D eigenvalue weighted by Crippen LogP contribution is 2.27. The number of piperidine rings is 1. The molecule has 1 N–H and O–H groups in total. The van der Waals surface area contributed by atoms with Gasteiger partial charge in [0.05, 0.1) is 29.5 Å². The van der Waals surface area contributed by atoms with E-state index in [2.05, 4.69) is 10.2 Å². The monoisotopic (exact) mass is 494 g/mol. The summed E-state index contributed by atoms with van der Waals surface area (Å²) in [4.78, 5) is 20.1. The first-order chi connectivity index (χ1) is 16.9. The van der Waals surface area contributed by atoms with Gasteiger partial charge in [-0.3, -0.25) is 4.79 Å². The Kier molecular flexibility index (Phi) is 6.73. The van der Waals surface area contributed by atoms with Crippen LogP contribution in [0.15, 0.2) is 59.5 Å². The van der Waals surface area contributed by atoms with Crippen LogP contribution < -0.4 is 10.2 Å². The van der Waals surface area contributed by atoms with Crippen LogP contribution in [0, 0.1) is 12.8 Å². The van der Waals surface area contributed by atoms with E-state index >= 15 is 0 Å². The van der Waals surface area contributed by atoms with Gasteiger partial charge < -0.3 is 15.0 Å². The van der Waals surface area contributed by atoms with Crippen molar-refractivity contribution in [2.75, 3.05) is 49.6 Å². The van der Waals surface area contributed by atoms with Crippen molar-refractivity contribution in [3.8, 4) is 0 Å². The molecule has 0 spiro atoms. The van der Waals surface area contributed by atoms with Crippen LogP contribution in [0.5, 0.6) is 0 Å². The Morgan fingerprint density at radius 3 is 2.57 bits per heavy atom. The molecule has 2 aliphatic heterocycles. The van der Waals surface area contributed by atoms with Crippen LogP contribution in [0.1, 0.15) is 18.4 Å². The maximum absolute atomic E-state index is 13.0. The summed E-state index contributed by atoms with van der Waals surface area (Å²) >= 11 is 0. The molecule has 2 saturated heterocycles. The molecular weight excluding hydrogens is 464 g/mol. The van der Waals surface area contributed by atoms with Gasteiger partial charge >= 0.3 is 0 Å². The molecule has 35 heavy (non-hydrogen) atoms. The summed E-state index contributed by atoms with van der Waals surface area (Å²) in [6.45, 7) is 5.01. The number of carbonyl (C=O) groups is 1.